The number of aliphatic hydroxyl groups is 1. The lowest BCUT2D eigenvalue weighted by molar-refractivity contribution is 0.257. The van der Waals surface area contributed by atoms with Crippen LogP contribution in [0, 0.1) is 0 Å². The van der Waals surface area contributed by atoms with Crippen molar-refractivity contribution in [3.8, 4) is 0 Å². The smallest absolute Gasteiger partial charge is 0.152 e. The quantitative estimate of drug-likeness (QED) is 0.521. The Bertz CT molecular complexity index is 235. The topological polar surface area (TPSA) is 80.4 Å². The van der Waals surface area contributed by atoms with Crippen molar-refractivity contribution in [3.05, 3.63) is 0 Å². The zero-order valence-electron chi connectivity index (χ0n) is 5.74. The number of nitrogens with two attached hydrogens (primary N) is 1. The standard InChI is InChI=1S/C5H11NO3S/c1-10(8,9)4-2-5(4,6)3-7/h4,7H,2-3,6H2,1H3/t4-,5-/m0/s1. The molecule has 10 heavy (non-hydrogen) atoms. The molecule has 5 heteroatoms. The second-order valence-electron chi connectivity index (χ2n) is 2.91. The van der Waals surface area contributed by atoms with Crippen molar-refractivity contribution in [2.45, 2.75) is 17.2 Å². The molecule has 0 radical (unpaired) electrons. The van der Waals surface area contributed by atoms with E-state index in [1.807, 2.05) is 0 Å². The number of aliphatic hydroxyl groups excluding tert-OH is 1. The highest BCUT2D eigenvalue weighted by atomic mass is 32.2. The van der Waals surface area contributed by atoms with E-state index >= 15 is 0 Å². The van der Waals surface area contributed by atoms with Gasteiger partial charge in [0.25, 0.3) is 0 Å². The molecule has 0 aliphatic heterocycles. The minimum Gasteiger partial charge on any atom is -0.394 e. The normalized spacial score (nSPS) is 39.7. The molecule has 0 aromatic carbocycles. The van der Waals surface area contributed by atoms with Crippen LogP contribution in [-0.4, -0.2) is 37.2 Å². The first-order valence-electron chi connectivity index (χ1n) is 2.99. The van der Waals surface area contributed by atoms with E-state index in [9.17, 15) is 8.42 Å². The number of rotatable bonds is 2. The molecule has 0 heterocycles. The molecule has 0 spiro atoms. The van der Waals surface area contributed by atoms with Crippen LogP contribution in [0.2, 0.25) is 0 Å². The molecule has 0 unspecified atom stereocenters. The SMILES string of the molecule is CS(=O)(=O)[C@H]1C[C@]1(N)CO. The van der Waals surface area contributed by atoms with Crippen LogP contribution in [0.15, 0.2) is 0 Å². The van der Waals surface area contributed by atoms with E-state index in [0.717, 1.165) is 6.26 Å². The van der Waals surface area contributed by atoms with Gasteiger partial charge in [-0.3, -0.25) is 0 Å². The molecule has 1 saturated carbocycles. The number of sulfone groups is 1. The second-order valence-corrected chi connectivity index (χ2v) is 5.14. The Hall–Kier alpha value is -0.130. The molecule has 0 saturated heterocycles. The van der Waals surface area contributed by atoms with E-state index in [4.69, 9.17) is 10.8 Å². The predicted molar refractivity (Wildman–Crippen MR) is 37.3 cm³/mol. The van der Waals surface area contributed by atoms with Crippen molar-refractivity contribution in [1.82, 2.24) is 0 Å². The monoisotopic (exact) mass is 165 g/mol. The zero-order chi connectivity index (χ0) is 7.99. The summed E-state index contributed by atoms with van der Waals surface area (Å²) in [6, 6.07) is 0. The summed E-state index contributed by atoms with van der Waals surface area (Å²) in [6.07, 6.45) is 1.53. The van der Waals surface area contributed by atoms with E-state index in [1.165, 1.54) is 0 Å². The van der Waals surface area contributed by atoms with Gasteiger partial charge in [-0.25, -0.2) is 8.42 Å². The summed E-state index contributed by atoms with van der Waals surface area (Å²) in [6.45, 7) is -0.245. The number of hydrogen-bond acceptors (Lipinski definition) is 4. The van der Waals surface area contributed by atoms with Crippen molar-refractivity contribution >= 4 is 9.84 Å². The average molecular weight is 165 g/mol. The van der Waals surface area contributed by atoms with E-state index in [0.29, 0.717) is 6.42 Å². The Kier molecular flexibility index (Phi) is 1.54. The first-order chi connectivity index (χ1) is 4.40. The molecular weight excluding hydrogens is 154 g/mol. The van der Waals surface area contributed by atoms with Gasteiger partial charge in [0.1, 0.15) is 0 Å². The summed E-state index contributed by atoms with van der Waals surface area (Å²) in [4.78, 5) is 0. The molecule has 2 atom stereocenters. The molecule has 0 aromatic heterocycles. The molecule has 0 amide bonds. The highest BCUT2D eigenvalue weighted by Gasteiger charge is 2.56. The largest absolute Gasteiger partial charge is 0.394 e. The van der Waals surface area contributed by atoms with Gasteiger partial charge in [-0.15, -0.1) is 0 Å². The third-order valence-electron chi connectivity index (χ3n) is 1.86. The maximum Gasteiger partial charge on any atom is 0.152 e. The molecule has 1 fully saturated rings. The van der Waals surface area contributed by atoms with Gasteiger partial charge in [-0.05, 0) is 6.42 Å². The van der Waals surface area contributed by atoms with E-state index in [-0.39, 0.29) is 6.61 Å². The van der Waals surface area contributed by atoms with Gasteiger partial charge in [0.2, 0.25) is 0 Å². The lowest BCUT2D eigenvalue weighted by atomic mass is 10.3. The van der Waals surface area contributed by atoms with Gasteiger partial charge in [-0.1, -0.05) is 0 Å². The van der Waals surface area contributed by atoms with E-state index in [1.54, 1.807) is 0 Å². The number of hydrogen-bond donors (Lipinski definition) is 2. The highest BCUT2D eigenvalue weighted by molar-refractivity contribution is 7.91. The minimum absolute atomic E-state index is 0.245. The second kappa shape index (κ2) is 1.93. The van der Waals surface area contributed by atoms with Crippen molar-refractivity contribution in [3.63, 3.8) is 0 Å². The van der Waals surface area contributed by atoms with Crippen molar-refractivity contribution in [2.24, 2.45) is 5.73 Å². The van der Waals surface area contributed by atoms with Gasteiger partial charge in [0.05, 0.1) is 17.4 Å². The highest BCUT2D eigenvalue weighted by Crippen LogP contribution is 2.38. The molecule has 1 aliphatic rings. The van der Waals surface area contributed by atoms with Crippen molar-refractivity contribution in [1.29, 1.82) is 0 Å². The van der Waals surface area contributed by atoms with Crippen LogP contribution in [0.1, 0.15) is 6.42 Å². The fourth-order valence-corrected chi connectivity index (χ4v) is 2.57. The minimum atomic E-state index is -3.03. The summed E-state index contributed by atoms with van der Waals surface area (Å²) in [5.74, 6) is 0. The van der Waals surface area contributed by atoms with Gasteiger partial charge in [-0.2, -0.15) is 0 Å². The fraction of sp³-hybridized carbons (Fsp3) is 1.00. The van der Waals surface area contributed by atoms with Gasteiger partial charge >= 0.3 is 0 Å². The molecule has 60 valence electrons. The predicted octanol–water partition coefficient (Wildman–Crippen LogP) is -1.51. The van der Waals surface area contributed by atoms with Gasteiger partial charge in [0, 0.05) is 6.26 Å². The van der Waals surface area contributed by atoms with E-state index < -0.39 is 20.6 Å². The Balaban J connectivity index is 2.71. The third kappa shape index (κ3) is 1.16. The molecule has 1 rings (SSSR count). The van der Waals surface area contributed by atoms with Crippen LogP contribution in [0.25, 0.3) is 0 Å². The van der Waals surface area contributed by atoms with Crippen LogP contribution in [0.4, 0.5) is 0 Å². The molecule has 0 aromatic rings. The molecule has 1 aliphatic carbocycles. The summed E-state index contributed by atoms with van der Waals surface area (Å²) in [5.41, 5.74) is 4.61. The Morgan fingerprint density at radius 1 is 1.80 bits per heavy atom. The zero-order valence-corrected chi connectivity index (χ0v) is 6.56. The average Bonchev–Trinajstić information content (AvgIpc) is 2.43. The lowest BCUT2D eigenvalue weighted by Crippen LogP contribution is -2.33. The van der Waals surface area contributed by atoms with E-state index in [2.05, 4.69) is 0 Å². The van der Waals surface area contributed by atoms with Gasteiger partial charge in [0.15, 0.2) is 9.84 Å². The Morgan fingerprint density at radius 2 is 2.30 bits per heavy atom. The summed E-state index contributed by atoms with van der Waals surface area (Å²) < 4.78 is 21.6. The molecule has 0 bridgehead atoms. The van der Waals surface area contributed by atoms with Crippen molar-refractivity contribution in [2.75, 3.05) is 12.9 Å². The van der Waals surface area contributed by atoms with Crippen LogP contribution >= 0.6 is 0 Å². The summed E-state index contributed by atoms with van der Waals surface area (Å²) >= 11 is 0. The van der Waals surface area contributed by atoms with Crippen LogP contribution < -0.4 is 5.73 Å². The van der Waals surface area contributed by atoms with Crippen LogP contribution in [0.5, 0.6) is 0 Å². The van der Waals surface area contributed by atoms with Crippen LogP contribution in [0.3, 0.4) is 0 Å². The summed E-state index contributed by atoms with van der Waals surface area (Å²) in [5, 5.41) is 8.09. The first-order valence-corrected chi connectivity index (χ1v) is 4.94. The third-order valence-corrected chi connectivity index (χ3v) is 3.53. The maximum atomic E-state index is 10.8. The fourth-order valence-electron chi connectivity index (χ4n) is 1.03. The van der Waals surface area contributed by atoms with Crippen LogP contribution in [-0.2, 0) is 9.84 Å². The Morgan fingerprint density at radius 3 is 2.40 bits per heavy atom. The Labute approximate surface area is 60.0 Å². The molecular formula is C5H11NO3S. The first kappa shape index (κ1) is 7.97. The summed E-state index contributed by atoms with van der Waals surface area (Å²) in [7, 11) is -3.03. The molecule has 3 N–H and O–H groups in total. The van der Waals surface area contributed by atoms with Gasteiger partial charge < -0.3 is 10.8 Å². The lowest BCUT2D eigenvalue weighted by Gasteiger charge is -2.03. The molecule has 4 nitrogen and oxygen atoms in total. The maximum absolute atomic E-state index is 10.8. The van der Waals surface area contributed by atoms with Crippen molar-refractivity contribution < 1.29 is 13.5 Å².